The molecule has 124 valence electrons. The minimum absolute atomic E-state index is 0.781. The summed E-state index contributed by atoms with van der Waals surface area (Å²) < 4.78 is 1.82. The van der Waals surface area contributed by atoms with Crippen molar-refractivity contribution in [3.05, 3.63) is 53.3 Å². The van der Waals surface area contributed by atoms with Crippen molar-refractivity contribution in [2.45, 2.75) is 26.8 Å². The van der Waals surface area contributed by atoms with Crippen LogP contribution in [0.4, 0.5) is 0 Å². The number of aryl methyl sites for hydroxylation is 2. The molecule has 1 aromatic carbocycles. The standard InChI is InChI=1S/C18H27N5/c1-5-19-18(22(3)13-17-12-21-23(4)14-17)20-11-10-16-8-6-15(2)7-9-16/h6-9,12,14H,5,10-11,13H2,1-4H3,(H,19,20). The molecule has 2 rings (SSSR count). The molecule has 0 aliphatic heterocycles. The van der Waals surface area contributed by atoms with Crippen molar-refractivity contribution >= 4 is 5.96 Å². The SMILES string of the molecule is CCNC(=NCCc1ccc(C)cc1)N(C)Cc1cnn(C)c1. The van der Waals surface area contributed by atoms with Crippen LogP contribution in [0.25, 0.3) is 0 Å². The second-order valence-corrected chi connectivity index (χ2v) is 5.85. The number of aliphatic imine (C=N–C) groups is 1. The Morgan fingerprint density at radius 1 is 1.26 bits per heavy atom. The zero-order valence-corrected chi connectivity index (χ0v) is 14.6. The van der Waals surface area contributed by atoms with Gasteiger partial charge in [-0.1, -0.05) is 29.8 Å². The van der Waals surface area contributed by atoms with Crippen LogP contribution in [-0.4, -0.2) is 40.8 Å². The minimum Gasteiger partial charge on any atom is -0.357 e. The summed E-state index contributed by atoms with van der Waals surface area (Å²) >= 11 is 0. The highest BCUT2D eigenvalue weighted by Gasteiger charge is 2.07. The third-order valence-corrected chi connectivity index (χ3v) is 3.66. The first kappa shape index (κ1) is 17.1. The first-order valence-corrected chi connectivity index (χ1v) is 8.11. The lowest BCUT2D eigenvalue weighted by molar-refractivity contribution is 0.477. The lowest BCUT2D eigenvalue weighted by atomic mass is 10.1. The number of benzene rings is 1. The molecule has 5 nitrogen and oxygen atoms in total. The second-order valence-electron chi connectivity index (χ2n) is 5.85. The molecule has 0 atom stereocenters. The molecule has 0 spiro atoms. The maximum absolute atomic E-state index is 4.74. The summed E-state index contributed by atoms with van der Waals surface area (Å²) in [6.45, 7) is 6.64. The van der Waals surface area contributed by atoms with Crippen LogP contribution < -0.4 is 5.32 Å². The molecule has 0 bridgehead atoms. The molecule has 0 radical (unpaired) electrons. The second kappa shape index (κ2) is 8.36. The lowest BCUT2D eigenvalue weighted by Gasteiger charge is -2.21. The van der Waals surface area contributed by atoms with E-state index in [4.69, 9.17) is 4.99 Å². The van der Waals surface area contributed by atoms with E-state index in [2.05, 4.69) is 60.5 Å². The number of nitrogens with one attached hydrogen (secondary N) is 1. The van der Waals surface area contributed by atoms with E-state index in [0.29, 0.717) is 0 Å². The molecule has 0 fully saturated rings. The molecule has 2 aromatic rings. The van der Waals surface area contributed by atoms with Gasteiger partial charge in [0.15, 0.2) is 5.96 Å². The van der Waals surface area contributed by atoms with E-state index in [-0.39, 0.29) is 0 Å². The van der Waals surface area contributed by atoms with Gasteiger partial charge in [0.25, 0.3) is 0 Å². The van der Waals surface area contributed by atoms with Crippen LogP contribution >= 0.6 is 0 Å². The summed E-state index contributed by atoms with van der Waals surface area (Å²) in [4.78, 5) is 6.87. The monoisotopic (exact) mass is 313 g/mol. The Hall–Kier alpha value is -2.30. The summed E-state index contributed by atoms with van der Waals surface area (Å²) in [7, 11) is 3.99. The predicted octanol–water partition coefficient (Wildman–Crippen LogP) is 2.37. The smallest absolute Gasteiger partial charge is 0.193 e. The molecule has 0 amide bonds. The van der Waals surface area contributed by atoms with Crippen molar-refractivity contribution < 1.29 is 0 Å². The van der Waals surface area contributed by atoms with Crippen molar-refractivity contribution in [1.29, 1.82) is 0 Å². The van der Waals surface area contributed by atoms with Crippen molar-refractivity contribution in [2.75, 3.05) is 20.1 Å². The van der Waals surface area contributed by atoms with Gasteiger partial charge < -0.3 is 10.2 Å². The van der Waals surface area contributed by atoms with Crippen LogP contribution in [0.15, 0.2) is 41.7 Å². The van der Waals surface area contributed by atoms with Crippen LogP contribution in [0.2, 0.25) is 0 Å². The Morgan fingerprint density at radius 3 is 2.61 bits per heavy atom. The summed E-state index contributed by atoms with van der Waals surface area (Å²) in [6, 6.07) is 8.66. The molecule has 0 aliphatic rings. The number of rotatable bonds is 6. The maximum Gasteiger partial charge on any atom is 0.193 e. The summed E-state index contributed by atoms with van der Waals surface area (Å²) in [5, 5.41) is 7.57. The van der Waals surface area contributed by atoms with Gasteiger partial charge in [-0.25, -0.2) is 0 Å². The van der Waals surface area contributed by atoms with Crippen molar-refractivity contribution in [3.63, 3.8) is 0 Å². The van der Waals surface area contributed by atoms with Gasteiger partial charge in [-0.3, -0.25) is 9.67 Å². The van der Waals surface area contributed by atoms with E-state index >= 15 is 0 Å². The fraction of sp³-hybridized carbons (Fsp3) is 0.444. The average Bonchev–Trinajstić information content (AvgIpc) is 2.93. The average molecular weight is 313 g/mol. The highest BCUT2D eigenvalue weighted by molar-refractivity contribution is 5.79. The summed E-state index contributed by atoms with van der Waals surface area (Å²) in [6.07, 6.45) is 4.88. The lowest BCUT2D eigenvalue weighted by Crippen LogP contribution is -2.38. The number of guanidine groups is 1. The van der Waals surface area contributed by atoms with Gasteiger partial charge in [-0.2, -0.15) is 5.10 Å². The molecule has 1 N–H and O–H groups in total. The Labute approximate surface area is 139 Å². The zero-order chi connectivity index (χ0) is 16.7. The quantitative estimate of drug-likeness (QED) is 0.658. The van der Waals surface area contributed by atoms with E-state index in [1.54, 1.807) is 0 Å². The van der Waals surface area contributed by atoms with Crippen molar-refractivity contribution in [3.8, 4) is 0 Å². The number of aromatic nitrogens is 2. The van der Waals surface area contributed by atoms with E-state index in [9.17, 15) is 0 Å². The first-order chi connectivity index (χ1) is 11.1. The van der Waals surface area contributed by atoms with Crippen molar-refractivity contribution in [1.82, 2.24) is 20.0 Å². The molecule has 0 saturated carbocycles. The molecule has 0 aliphatic carbocycles. The molecule has 5 heteroatoms. The maximum atomic E-state index is 4.74. The van der Waals surface area contributed by atoms with E-state index in [1.807, 2.05) is 24.1 Å². The highest BCUT2D eigenvalue weighted by atomic mass is 15.3. The Bertz CT molecular complexity index is 627. The first-order valence-electron chi connectivity index (χ1n) is 8.11. The normalized spacial score (nSPS) is 11.6. The van der Waals surface area contributed by atoms with E-state index in [0.717, 1.165) is 32.0 Å². The largest absolute Gasteiger partial charge is 0.357 e. The van der Waals surface area contributed by atoms with Gasteiger partial charge in [0.1, 0.15) is 0 Å². The van der Waals surface area contributed by atoms with Crippen LogP contribution in [0, 0.1) is 6.92 Å². The molecule has 0 saturated heterocycles. The number of hydrogen-bond donors (Lipinski definition) is 1. The van der Waals surface area contributed by atoms with Crippen molar-refractivity contribution in [2.24, 2.45) is 12.0 Å². The molecular weight excluding hydrogens is 286 g/mol. The topological polar surface area (TPSA) is 45.5 Å². The van der Waals surface area contributed by atoms with Gasteiger partial charge in [0.05, 0.1) is 6.20 Å². The van der Waals surface area contributed by atoms with Gasteiger partial charge >= 0.3 is 0 Å². The Morgan fingerprint density at radius 2 is 2.00 bits per heavy atom. The minimum atomic E-state index is 0.781. The van der Waals surface area contributed by atoms with Crippen LogP contribution in [0.3, 0.4) is 0 Å². The van der Waals surface area contributed by atoms with Gasteiger partial charge in [-0.15, -0.1) is 0 Å². The predicted molar refractivity (Wildman–Crippen MR) is 95.5 cm³/mol. The molecule has 0 unspecified atom stereocenters. The number of hydrogen-bond acceptors (Lipinski definition) is 2. The van der Waals surface area contributed by atoms with Crippen LogP contribution in [-0.2, 0) is 20.0 Å². The molecule has 1 aromatic heterocycles. The van der Waals surface area contributed by atoms with Crippen LogP contribution in [0.5, 0.6) is 0 Å². The fourth-order valence-electron chi connectivity index (χ4n) is 2.42. The third kappa shape index (κ3) is 5.43. The molecule has 23 heavy (non-hydrogen) atoms. The van der Waals surface area contributed by atoms with Gasteiger partial charge in [0, 0.05) is 45.5 Å². The van der Waals surface area contributed by atoms with Gasteiger partial charge in [0.2, 0.25) is 0 Å². The van der Waals surface area contributed by atoms with E-state index < -0.39 is 0 Å². The zero-order valence-electron chi connectivity index (χ0n) is 14.6. The summed E-state index contributed by atoms with van der Waals surface area (Å²) in [5.41, 5.74) is 3.80. The Kier molecular flexibility index (Phi) is 6.20. The highest BCUT2D eigenvalue weighted by Crippen LogP contribution is 2.05. The molecule has 1 heterocycles. The summed E-state index contributed by atoms with van der Waals surface area (Å²) in [5.74, 6) is 0.934. The Balaban J connectivity index is 1.94. The number of nitrogens with zero attached hydrogens (tertiary/aromatic N) is 4. The molecular formula is C18H27N5. The van der Waals surface area contributed by atoms with E-state index in [1.165, 1.54) is 16.7 Å². The van der Waals surface area contributed by atoms with Crippen LogP contribution in [0.1, 0.15) is 23.6 Å². The third-order valence-electron chi connectivity index (χ3n) is 3.66. The van der Waals surface area contributed by atoms with Gasteiger partial charge in [-0.05, 0) is 25.8 Å². The fourth-order valence-corrected chi connectivity index (χ4v) is 2.42.